The zero-order chi connectivity index (χ0) is 9.68. The molecule has 1 saturated heterocycles. The molecular weight excluding hydrogens is 182 g/mol. The highest BCUT2D eigenvalue weighted by Gasteiger charge is 2.21. The van der Waals surface area contributed by atoms with Gasteiger partial charge in [0.05, 0.1) is 6.10 Å². The molecule has 1 fully saturated rings. The average Bonchev–Trinajstić information content (AvgIpc) is 2.50. The summed E-state index contributed by atoms with van der Waals surface area (Å²) in [7, 11) is 0. The van der Waals surface area contributed by atoms with Gasteiger partial charge >= 0.3 is 0 Å². The third-order valence-electron chi connectivity index (χ3n) is 2.72. The maximum atomic E-state index is 9.35. The summed E-state index contributed by atoms with van der Waals surface area (Å²) in [5, 5.41) is 9.35. The van der Waals surface area contributed by atoms with E-state index in [0.29, 0.717) is 5.92 Å². The van der Waals surface area contributed by atoms with Gasteiger partial charge in [-0.25, -0.2) is 0 Å². The highest BCUT2D eigenvalue weighted by molar-refractivity contribution is 7.80. The van der Waals surface area contributed by atoms with Gasteiger partial charge in [0.2, 0.25) is 0 Å². The van der Waals surface area contributed by atoms with Crippen molar-refractivity contribution in [2.24, 2.45) is 5.92 Å². The number of aliphatic hydroxyl groups is 1. The van der Waals surface area contributed by atoms with Gasteiger partial charge in [-0.3, -0.25) is 0 Å². The summed E-state index contributed by atoms with van der Waals surface area (Å²) in [5.41, 5.74) is 0. The van der Waals surface area contributed by atoms with E-state index in [-0.39, 0.29) is 6.10 Å². The maximum Gasteiger partial charge on any atom is 0.0679 e. The third-order valence-corrected chi connectivity index (χ3v) is 3.24. The molecule has 2 unspecified atom stereocenters. The van der Waals surface area contributed by atoms with Crippen LogP contribution in [0.3, 0.4) is 0 Å². The van der Waals surface area contributed by atoms with Gasteiger partial charge in [0.1, 0.15) is 0 Å². The zero-order valence-corrected chi connectivity index (χ0v) is 9.34. The fourth-order valence-electron chi connectivity index (χ4n) is 1.99. The second kappa shape index (κ2) is 5.89. The van der Waals surface area contributed by atoms with Crippen molar-refractivity contribution in [3.05, 3.63) is 0 Å². The first-order valence-corrected chi connectivity index (χ1v) is 5.90. The van der Waals surface area contributed by atoms with Crippen LogP contribution in [0.2, 0.25) is 0 Å². The van der Waals surface area contributed by atoms with Crippen LogP contribution in [0.1, 0.15) is 26.2 Å². The molecule has 1 rings (SSSR count). The van der Waals surface area contributed by atoms with E-state index in [1.807, 2.05) is 0 Å². The van der Waals surface area contributed by atoms with E-state index in [4.69, 9.17) is 0 Å². The van der Waals surface area contributed by atoms with Gasteiger partial charge in [-0.15, -0.1) is 0 Å². The monoisotopic (exact) mass is 203 g/mol. The molecule has 0 bridgehead atoms. The molecule has 0 aliphatic carbocycles. The molecule has 1 N–H and O–H groups in total. The van der Waals surface area contributed by atoms with E-state index in [1.54, 1.807) is 0 Å². The van der Waals surface area contributed by atoms with Gasteiger partial charge in [-0.1, -0.05) is 13.3 Å². The lowest BCUT2D eigenvalue weighted by Crippen LogP contribution is -2.29. The number of β-amino-alcohol motifs (C(OH)–C–C–N with tert-alkyl or cyclic N) is 1. The van der Waals surface area contributed by atoms with Crippen LogP contribution in [0.4, 0.5) is 0 Å². The summed E-state index contributed by atoms with van der Waals surface area (Å²) in [6.45, 7) is 5.27. The van der Waals surface area contributed by atoms with Crippen LogP contribution in [0, 0.1) is 5.92 Å². The average molecular weight is 203 g/mol. The SMILES string of the molecule is CCCC(CS)CN1CCC(O)C1. The van der Waals surface area contributed by atoms with Crippen LogP contribution < -0.4 is 0 Å². The molecule has 0 spiro atoms. The van der Waals surface area contributed by atoms with Crippen LogP contribution in [0.5, 0.6) is 0 Å². The van der Waals surface area contributed by atoms with Crippen molar-refractivity contribution in [2.75, 3.05) is 25.4 Å². The molecule has 1 heterocycles. The molecule has 3 heteroatoms. The number of rotatable bonds is 5. The quantitative estimate of drug-likeness (QED) is 0.660. The first kappa shape index (κ1) is 11.3. The Morgan fingerprint density at radius 1 is 1.62 bits per heavy atom. The second-order valence-electron chi connectivity index (χ2n) is 4.04. The lowest BCUT2D eigenvalue weighted by molar-refractivity contribution is 0.170. The number of hydrogen-bond acceptors (Lipinski definition) is 3. The van der Waals surface area contributed by atoms with Crippen molar-refractivity contribution >= 4 is 12.6 Å². The molecule has 0 saturated carbocycles. The fourth-order valence-corrected chi connectivity index (χ4v) is 2.29. The Kier molecular flexibility index (Phi) is 5.14. The second-order valence-corrected chi connectivity index (χ2v) is 4.40. The van der Waals surface area contributed by atoms with Gasteiger partial charge in [0.25, 0.3) is 0 Å². The van der Waals surface area contributed by atoms with Crippen molar-refractivity contribution in [3.8, 4) is 0 Å². The molecule has 1 aliphatic rings. The Labute approximate surface area is 86.7 Å². The van der Waals surface area contributed by atoms with Crippen LogP contribution >= 0.6 is 12.6 Å². The highest BCUT2D eigenvalue weighted by atomic mass is 32.1. The summed E-state index contributed by atoms with van der Waals surface area (Å²) in [6, 6.07) is 0. The van der Waals surface area contributed by atoms with Crippen LogP contribution in [0.25, 0.3) is 0 Å². The molecule has 0 aromatic rings. The van der Waals surface area contributed by atoms with Crippen LogP contribution in [0.15, 0.2) is 0 Å². The van der Waals surface area contributed by atoms with Crippen LogP contribution in [-0.2, 0) is 0 Å². The summed E-state index contributed by atoms with van der Waals surface area (Å²) in [4.78, 5) is 2.36. The minimum absolute atomic E-state index is 0.0813. The zero-order valence-electron chi connectivity index (χ0n) is 8.45. The van der Waals surface area contributed by atoms with E-state index in [2.05, 4.69) is 24.5 Å². The molecule has 78 valence electrons. The Morgan fingerprint density at radius 2 is 2.38 bits per heavy atom. The van der Waals surface area contributed by atoms with Gasteiger partial charge in [-0.2, -0.15) is 12.6 Å². The normalized spacial score (nSPS) is 26.5. The molecule has 13 heavy (non-hydrogen) atoms. The lowest BCUT2D eigenvalue weighted by Gasteiger charge is -2.21. The largest absolute Gasteiger partial charge is 0.392 e. The first-order valence-electron chi connectivity index (χ1n) is 5.27. The Hall–Kier alpha value is 0.270. The maximum absolute atomic E-state index is 9.35. The Bertz CT molecular complexity index is 141. The standard InChI is InChI=1S/C10H21NOS/c1-2-3-9(8-13)6-11-5-4-10(12)7-11/h9-10,12-13H,2-8H2,1H3. The van der Waals surface area contributed by atoms with Crippen molar-refractivity contribution in [3.63, 3.8) is 0 Å². The first-order chi connectivity index (χ1) is 6.26. The van der Waals surface area contributed by atoms with Crippen molar-refractivity contribution < 1.29 is 5.11 Å². The fraction of sp³-hybridized carbons (Fsp3) is 1.00. The van der Waals surface area contributed by atoms with E-state index in [1.165, 1.54) is 12.8 Å². The van der Waals surface area contributed by atoms with Gasteiger partial charge in [0.15, 0.2) is 0 Å². The van der Waals surface area contributed by atoms with Gasteiger partial charge in [0, 0.05) is 19.6 Å². The smallest absolute Gasteiger partial charge is 0.0679 e. The number of likely N-dealkylation sites (tertiary alicyclic amines) is 1. The Morgan fingerprint density at radius 3 is 2.85 bits per heavy atom. The number of thiol groups is 1. The minimum Gasteiger partial charge on any atom is -0.392 e. The molecule has 0 aromatic carbocycles. The van der Waals surface area contributed by atoms with E-state index in [9.17, 15) is 5.11 Å². The minimum atomic E-state index is -0.0813. The summed E-state index contributed by atoms with van der Waals surface area (Å²) >= 11 is 4.36. The van der Waals surface area contributed by atoms with E-state index >= 15 is 0 Å². The topological polar surface area (TPSA) is 23.5 Å². The highest BCUT2D eigenvalue weighted by Crippen LogP contribution is 2.15. The number of aliphatic hydroxyl groups excluding tert-OH is 1. The van der Waals surface area contributed by atoms with Gasteiger partial charge < -0.3 is 10.0 Å². The number of hydrogen-bond donors (Lipinski definition) is 2. The molecular formula is C10H21NOS. The molecule has 2 atom stereocenters. The third kappa shape index (κ3) is 3.88. The van der Waals surface area contributed by atoms with Crippen molar-refractivity contribution in [1.82, 2.24) is 4.90 Å². The van der Waals surface area contributed by atoms with Crippen LogP contribution in [-0.4, -0.2) is 41.5 Å². The van der Waals surface area contributed by atoms with Gasteiger partial charge in [-0.05, 0) is 24.5 Å². The predicted octanol–water partition coefficient (Wildman–Crippen LogP) is 1.40. The summed E-state index contributed by atoms with van der Waals surface area (Å²) in [6.07, 6.45) is 3.37. The van der Waals surface area contributed by atoms with Crippen molar-refractivity contribution in [2.45, 2.75) is 32.3 Å². The molecule has 2 nitrogen and oxygen atoms in total. The lowest BCUT2D eigenvalue weighted by atomic mass is 10.1. The molecule has 0 radical (unpaired) electrons. The van der Waals surface area contributed by atoms with E-state index < -0.39 is 0 Å². The summed E-state index contributed by atoms with van der Waals surface area (Å²) in [5.74, 6) is 1.68. The van der Waals surface area contributed by atoms with Crippen molar-refractivity contribution in [1.29, 1.82) is 0 Å². The Balaban J connectivity index is 2.21. The molecule has 0 aromatic heterocycles. The predicted molar refractivity (Wildman–Crippen MR) is 59.3 cm³/mol. The van der Waals surface area contributed by atoms with E-state index in [0.717, 1.165) is 31.8 Å². The number of nitrogens with zero attached hydrogens (tertiary/aromatic N) is 1. The molecule has 1 aliphatic heterocycles. The summed E-state index contributed by atoms with van der Waals surface area (Å²) < 4.78 is 0. The molecule has 0 amide bonds.